The number of esters is 1. The molecule has 3 rings (SSSR count). The topological polar surface area (TPSA) is 89.0 Å². The molecule has 0 aliphatic heterocycles. The zero-order chi connectivity index (χ0) is 23.6. The van der Waals surface area contributed by atoms with Gasteiger partial charge in [-0.15, -0.1) is 0 Å². The van der Waals surface area contributed by atoms with Crippen molar-refractivity contribution in [1.29, 1.82) is 0 Å². The maximum atomic E-state index is 13.1. The Morgan fingerprint density at radius 2 is 1.73 bits per heavy atom. The molecule has 0 unspecified atom stereocenters. The van der Waals surface area contributed by atoms with E-state index in [-0.39, 0.29) is 23.8 Å². The number of halogens is 1. The second kappa shape index (κ2) is 11.4. The first kappa shape index (κ1) is 23.5. The summed E-state index contributed by atoms with van der Waals surface area (Å²) in [5.74, 6) is -0.824. The number of carbonyl (C=O) groups is 2. The van der Waals surface area contributed by atoms with Gasteiger partial charge in [0.05, 0.1) is 24.9 Å². The summed E-state index contributed by atoms with van der Waals surface area (Å²) in [6, 6.07) is 17.6. The molecule has 33 heavy (non-hydrogen) atoms. The van der Waals surface area contributed by atoms with Crippen LogP contribution in [0.4, 0.5) is 10.1 Å². The van der Waals surface area contributed by atoms with E-state index in [2.05, 4.69) is 15.8 Å². The minimum Gasteiger partial charge on any atom is -0.490 e. The molecule has 0 fully saturated rings. The van der Waals surface area contributed by atoms with Crippen molar-refractivity contribution in [3.8, 4) is 11.5 Å². The van der Waals surface area contributed by atoms with Crippen LogP contribution in [0, 0.1) is 12.7 Å². The van der Waals surface area contributed by atoms with Crippen molar-refractivity contribution < 1.29 is 23.5 Å². The van der Waals surface area contributed by atoms with Crippen molar-refractivity contribution in [3.63, 3.8) is 0 Å². The standard InChI is InChI=1S/C25H24FN3O4/c1-3-32-23-14-18(6-13-22(23)33-25(31)19-7-9-20(26)10-8-19)15-28-29-24(30)16-27-21-11-4-17(2)5-12-21/h4-15,27H,3,16H2,1-2H3,(H,29,30)/b28-15+. The van der Waals surface area contributed by atoms with Crippen LogP contribution in [0.1, 0.15) is 28.4 Å². The van der Waals surface area contributed by atoms with Crippen LogP contribution < -0.4 is 20.2 Å². The van der Waals surface area contributed by atoms with E-state index in [1.807, 2.05) is 31.2 Å². The average Bonchev–Trinajstić information content (AvgIpc) is 2.81. The van der Waals surface area contributed by atoms with Gasteiger partial charge in [0.2, 0.25) is 0 Å². The molecule has 3 aromatic rings. The van der Waals surface area contributed by atoms with Gasteiger partial charge in [0.1, 0.15) is 5.82 Å². The molecular formula is C25H24FN3O4. The number of benzene rings is 3. The van der Waals surface area contributed by atoms with E-state index >= 15 is 0 Å². The molecule has 0 radical (unpaired) electrons. The number of nitrogens with zero attached hydrogens (tertiary/aromatic N) is 1. The fourth-order valence-electron chi connectivity index (χ4n) is 2.77. The smallest absolute Gasteiger partial charge is 0.343 e. The molecule has 7 nitrogen and oxygen atoms in total. The Balaban J connectivity index is 1.58. The first-order chi connectivity index (χ1) is 15.9. The van der Waals surface area contributed by atoms with Gasteiger partial charge in [0, 0.05) is 5.69 Å². The predicted octanol–water partition coefficient (Wildman–Crippen LogP) is 4.31. The zero-order valence-electron chi connectivity index (χ0n) is 18.3. The highest BCUT2D eigenvalue weighted by atomic mass is 19.1. The highest BCUT2D eigenvalue weighted by Gasteiger charge is 2.13. The van der Waals surface area contributed by atoms with Gasteiger partial charge in [-0.2, -0.15) is 5.10 Å². The zero-order valence-corrected chi connectivity index (χ0v) is 18.3. The van der Waals surface area contributed by atoms with Crippen LogP contribution in [0.5, 0.6) is 11.5 Å². The Bertz CT molecular complexity index is 1130. The van der Waals surface area contributed by atoms with Gasteiger partial charge in [-0.05, 0) is 74.0 Å². The number of hydrogen-bond acceptors (Lipinski definition) is 6. The molecule has 1 amide bonds. The number of nitrogens with one attached hydrogen (secondary N) is 2. The summed E-state index contributed by atoms with van der Waals surface area (Å²) in [5.41, 5.74) is 5.27. The second-order valence-corrected chi connectivity index (χ2v) is 7.05. The largest absolute Gasteiger partial charge is 0.490 e. The summed E-state index contributed by atoms with van der Waals surface area (Å²) in [5, 5.41) is 6.97. The lowest BCUT2D eigenvalue weighted by Gasteiger charge is -2.11. The number of aryl methyl sites for hydroxylation is 1. The van der Waals surface area contributed by atoms with Crippen molar-refractivity contribution in [2.45, 2.75) is 13.8 Å². The molecule has 0 aliphatic carbocycles. The van der Waals surface area contributed by atoms with Crippen LogP contribution in [0.2, 0.25) is 0 Å². The van der Waals surface area contributed by atoms with Crippen molar-refractivity contribution >= 4 is 23.8 Å². The fraction of sp³-hybridized carbons (Fsp3) is 0.160. The SMILES string of the molecule is CCOc1cc(/C=N/NC(=O)CNc2ccc(C)cc2)ccc1OC(=O)c1ccc(F)cc1. The summed E-state index contributed by atoms with van der Waals surface area (Å²) in [4.78, 5) is 24.3. The molecule has 0 saturated heterocycles. The van der Waals surface area contributed by atoms with Crippen molar-refractivity contribution in [3.05, 3.63) is 89.2 Å². The van der Waals surface area contributed by atoms with Gasteiger partial charge in [-0.3, -0.25) is 4.79 Å². The van der Waals surface area contributed by atoms with Crippen LogP contribution in [0.15, 0.2) is 71.8 Å². The molecule has 0 spiro atoms. The summed E-state index contributed by atoms with van der Waals surface area (Å²) >= 11 is 0. The highest BCUT2D eigenvalue weighted by molar-refractivity contribution is 5.91. The first-order valence-corrected chi connectivity index (χ1v) is 10.3. The normalized spacial score (nSPS) is 10.6. The van der Waals surface area contributed by atoms with Gasteiger partial charge >= 0.3 is 5.97 Å². The lowest BCUT2D eigenvalue weighted by atomic mass is 10.2. The molecule has 3 aromatic carbocycles. The van der Waals surface area contributed by atoms with E-state index in [0.29, 0.717) is 17.9 Å². The van der Waals surface area contributed by atoms with Crippen molar-refractivity contribution in [2.24, 2.45) is 5.10 Å². The van der Waals surface area contributed by atoms with E-state index in [1.165, 1.54) is 30.5 Å². The monoisotopic (exact) mass is 449 g/mol. The maximum absolute atomic E-state index is 13.1. The van der Waals surface area contributed by atoms with E-state index < -0.39 is 11.8 Å². The van der Waals surface area contributed by atoms with Gasteiger partial charge in [0.15, 0.2) is 11.5 Å². The molecule has 0 saturated carbocycles. The number of amides is 1. The maximum Gasteiger partial charge on any atom is 0.343 e. The van der Waals surface area contributed by atoms with Crippen LogP contribution in [-0.2, 0) is 4.79 Å². The predicted molar refractivity (Wildman–Crippen MR) is 124 cm³/mol. The van der Waals surface area contributed by atoms with E-state index in [0.717, 1.165) is 11.3 Å². The molecule has 0 aliphatic rings. The third-order valence-corrected chi connectivity index (χ3v) is 4.46. The molecule has 0 aromatic heterocycles. The van der Waals surface area contributed by atoms with Gasteiger partial charge in [-0.1, -0.05) is 17.7 Å². The fourth-order valence-corrected chi connectivity index (χ4v) is 2.77. The Morgan fingerprint density at radius 3 is 2.42 bits per heavy atom. The summed E-state index contributed by atoms with van der Waals surface area (Å²) in [6.45, 7) is 4.21. The molecule has 0 bridgehead atoms. The number of ether oxygens (including phenoxy) is 2. The van der Waals surface area contributed by atoms with E-state index in [4.69, 9.17) is 9.47 Å². The second-order valence-electron chi connectivity index (χ2n) is 7.05. The van der Waals surface area contributed by atoms with Crippen LogP contribution in [0.3, 0.4) is 0 Å². The Labute approximate surface area is 191 Å². The number of hydrazone groups is 1. The molecule has 170 valence electrons. The van der Waals surface area contributed by atoms with Gasteiger partial charge < -0.3 is 14.8 Å². The van der Waals surface area contributed by atoms with Crippen molar-refractivity contribution in [2.75, 3.05) is 18.5 Å². The van der Waals surface area contributed by atoms with Crippen LogP contribution >= 0.6 is 0 Å². The molecule has 8 heteroatoms. The number of hydrogen-bond donors (Lipinski definition) is 2. The summed E-state index contributed by atoms with van der Waals surface area (Å²) in [6.07, 6.45) is 1.46. The molecule has 0 atom stereocenters. The number of anilines is 1. The minimum absolute atomic E-state index is 0.0723. The summed E-state index contributed by atoms with van der Waals surface area (Å²) < 4.78 is 24.0. The van der Waals surface area contributed by atoms with Crippen LogP contribution in [0.25, 0.3) is 0 Å². The molecular weight excluding hydrogens is 425 g/mol. The third kappa shape index (κ3) is 7.17. The van der Waals surface area contributed by atoms with Crippen molar-refractivity contribution in [1.82, 2.24) is 5.43 Å². The highest BCUT2D eigenvalue weighted by Crippen LogP contribution is 2.29. The third-order valence-electron chi connectivity index (χ3n) is 4.46. The van der Waals surface area contributed by atoms with E-state index in [9.17, 15) is 14.0 Å². The first-order valence-electron chi connectivity index (χ1n) is 10.3. The Kier molecular flexibility index (Phi) is 8.13. The van der Waals surface area contributed by atoms with Gasteiger partial charge in [-0.25, -0.2) is 14.6 Å². The lowest BCUT2D eigenvalue weighted by Crippen LogP contribution is -2.25. The van der Waals surface area contributed by atoms with Gasteiger partial charge in [0.25, 0.3) is 5.91 Å². The molecule has 0 heterocycles. The van der Waals surface area contributed by atoms with E-state index in [1.54, 1.807) is 25.1 Å². The number of carbonyl (C=O) groups excluding carboxylic acids is 2. The average molecular weight is 449 g/mol. The summed E-state index contributed by atoms with van der Waals surface area (Å²) in [7, 11) is 0. The lowest BCUT2D eigenvalue weighted by molar-refractivity contribution is -0.119. The molecule has 2 N–H and O–H groups in total. The minimum atomic E-state index is -0.634. The Hall–Kier alpha value is -4.20. The quantitative estimate of drug-likeness (QED) is 0.220. The Morgan fingerprint density at radius 1 is 1.00 bits per heavy atom. The van der Waals surface area contributed by atoms with Crippen LogP contribution in [-0.4, -0.2) is 31.2 Å². The number of rotatable bonds is 9.